The minimum absolute atomic E-state index is 0.0805. The first-order valence-corrected chi connectivity index (χ1v) is 9.88. The van der Waals surface area contributed by atoms with E-state index in [0.717, 1.165) is 6.26 Å². The molecule has 1 aliphatic rings. The molecule has 1 fully saturated rings. The average molecular weight is 360 g/mol. The summed E-state index contributed by atoms with van der Waals surface area (Å²) in [6.45, 7) is 1.46. The molecule has 0 aromatic carbocycles. The van der Waals surface area contributed by atoms with Crippen LogP contribution < -0.4 is 15.8 Å². The number of sulfonamides is 1. The SMILES string of the molecule is CS(=O)(=O)NC1CCN(CC(=O)Nc2sccc2C(N)=O)CC1. The number of thiophene rings is 1. The number of rotatable bonds is 6. The fraction of sp³-hybridized carbons (Fsp3) is 0.538. The standard InChI is InChI=1S/C13H20N4O4S2/c1-23(20,21)16-9-2-5-17(6-3-9)8-11(18)15-13-10(12(14)19)4-7-22-13/h4,7,9,16H,2-3,5-6,8H2,1H3,(H2,14,19)(H,15,18). The van der Waals surface area contributed by atoms with E-state index in [1.54, 1.807) is 11.4 Å². The van der Waals surface area contributed by atoms with Gasteiger partial charge in [0.25, 0.3) is 5.91 Å². The molecule has 0 radical (unpaired) electrons. The number of nitrogens with one attached hydrogen (secondary N) is 2. The summed E-state index contributed by atoms with van der Waals surface area (Å²) < 4.78 is 25.0. The van der Waals surface area contributed by atoms with E-state index in [1.165, 1.54) is 11.3 Å². The Kier molecular flexibility index (Phi) is 5.74. The number of nitrogens with zero attached hydrogens (tertiary/aromatic N) is 1. The number of hydrogen-bond donors (Lipinski definition) is 3. The van der Waals surface area contributed by atoms with Gasteiger partial charge < -0.3 is 11.1 Å². The predicted octanol–water partition coefficient (Wildman–Crippen LogP) is -0.201. The molecule has 128 valence electrons. The monoisotopic (exact) mass is 360 g/mol. The number of anilines is 1. The van der Waals surface area contributed by atoms with Gasteiger partial charge in [0.15, 0.2) is 0 Å². The molecule has 0 saturated carbocycles. The van der Waals surface area contributed by atoms with Crippen LogP contribution in [-0.2, 0) is 14.8 Å². The highest BCUT2D eigenvalue weighted by Gasteiger charge is 2.23. The lowest BCUT2D eigenvalue weighted by molar-refractivity contribution is -0.117. The van der Waals surface area contributed by atoms with Crippen LogP contribution in [0.15, 0.2) is 11.4 Å². The Morgan fingerprint density at radius 1 is 1.39 bits per heavy atom. The van der Waals surface area contributed by atoms with Crippen molar-refractivity contribution in [2.24, 2.45) is 5.73 Å². The lowest BCUT2D eigenvalue weighted by atomic mass is 10.1. The number of piperidine rings is 1. The smallest absolute Gasteiger partial charge is 0.251 e. The summed E-state index contributed by atoms with van der Waals surface area (Å²) in [6.07, 6.45) is 2.46. The number of amides is 2. The van der Waals surface area contributed by atoms with Gasteiger partial charge in [0.05, 0.1) is 18.4 Å². The number of nitrogens with two attached hydrogens (primary N) is 1. The summed E-state index contributed by atoms with van der Waals surface area (Å²) in [7, 11) is -3.20. The lowest BCUT2D eigenvalue weighted by Gasteiger charge is -2.31. The summed E-state index contributed by atoms with van der Waals surface area (Å²) in [4.78, 5) is 25.2. The molecule has 1 aromatic rings. The molecule has 0 unspecified atom stereocenters. The summed E-state index contributed by atoms with van der Waals surface area (Å²) in [5.74, 6) is -0.793. The topological polar surface area (TPSA) is 122 Å². The van der Waals surface area contributed by atoms with Crippen LogP contribution in [0.3, 0.4) is 0 Å². The second kappa shape index (κ2) is 7.39. The average Bonchev–Trinajstić information content (AvgIpc) is 2.87. The molecule has 2 heterocycles. The van der Waals surface area contributed by atoms with Crippen LogP contribution in [0.25, 0.3) is 0 Å². The van der Waals surface area contributed by atoms with Crippen molar-refractivity contribution < 1.29 is 18.0 Å². The van der Waals surface area contributed by atoms with Gasteiger partial charge in [0, 0.05) is 19.1 Å². The highest BCUT2D eigenvalue weighted by molar-refractivity contribution is 7.88. The molecule has 8 nitrogen and oxygen atoms in total. The molecule has 0 atom stereocenters. The van der Waals surface area contributed by atoms with Gasteiger partial charge in [-0.3, -0.25) is 14.5 Å². The van der Waals surface area contributed by atoms with Gasteiger partial charge >= 0.3 is 0 Å². The van der Waals surface area contributed by atoms with E-state index in [1.807, 2.05) is 4.90 Å². The minimum atomic E-state index is -3.20. The molecule has 10 heteroatoms. The second-order valence-corrected chi connectivity index (χ2v) is 8.21. The zero-order valence-electron chi connectivity index (χ0n) is 12.7. The van der Waals surface area contributed by atoms with E-state index in [0.29, 0.717) is 36.5 Å². The Balaban J connectivity index is 1.81. The second-order valence-electron chi connectivity index (χ2n) is 5.52. The largest absolute Gasteiger partial charge is 0.366 e. The molecule has 1 aliphatic heterocycles. The number of hydrogen-bond acceptors (Lipinski definition) is 6. The van der Waals surface area contributed by atoms with Crippen LogP contribution in [0, 0.1) is 0 Å². The van der Waals surface area contributed by atoms with Crippen molar-refractivity contribution in [1.82, 2.24) is 9.62 Å². The summed E-state index contributed by atoms with van der Waals surface area (Å²) in [5.41, 5.74) is 5.54. The molecule has 1 aromatic heterocycles. The van der Waals surface area contributed by atoms with Crippen molar-refractivity contribution in [1.29, 1.82) is 0 Å². The van der Waals surface area contributed by atoms with Gasteiger partial charge in [0.1, 0.15) is 5.00 Å². The third-order valence-electron chi connectivity index (χ3n) is 3.52. The molecular formula is C13H20N4O4S2. The van der Waals surface area contributed by atoms with E-state index in [-0.39, 0.29) is 18.5 Å². The van der Waals surface area contributed by atoms with E-state index in [2.05, 4.69) is 10.0 Å². The first-order valence-electron chi connectivity index (χ1n) is 7.11. The minimum Gasteiger partial charge on any atom is -0.366 e. The van der Waals surface area contributed by atoms with Gasteiger partial charge in [-0.15, -0.1) is 11.3 Å². The van der Waals surface area contributed by atoms with E-state index < -0.39 is 15.9 Å². The molecule has 2 amide bonds. The lowest BCUT2D eigenvalue weighted by Crippen LogP contribution is -2.46. The van der Waals surface area contributed by atoms with Crippen molar-refractivity contribution in [2.45, 2.75) is 18.9 Å². The van der Waals surface area contributed by atoms with Crippen LogP contribution in [0.5, 0.6) is 0 Å². The maximum absolute atomic E-state index is 12.1. The summed E-state index contributed by atoms with van der Waals surface area (Å²) >= 11 is 1.25. The molecule has 0 bridgehead atoms. The Morgan fingerprint density at radius 3 is 2.61 bits per heavy atom. The van der Waals surface area contributed by atoms with Crippen LogP contribution >= 0.6 is 11.3 Å². The van der Waals surface area contributed by atoms with Crippen LogP contribution in [0.2, 0.25) is 0 Å². The molecule has 4 N–H and O–H groups in total. The Morgan fingerprint density at radius 2 is 2.04 bits per heavy atom. The molecule has 0 spiro atoms. The molecule has 0 aliphatic carbocycles. The van der Waals surface area contributed by atoms with Gasteiger partial charge in [-0.25, -0.2) is 13.1 Å². The summed E-state index contributed by atoms with van der Waals surface area (Å²) in [5, 5.41) is 4.84. The van der Waals surface area contributed by atoms with Crippen LogP contribution in [0.4, 0.5) is 5.00 Å². The molecule has 1 saturated heterocycles. The number of likely N-dealkylation sites (tertiary alicyclic amines) is 1. The normalized spacial score (nSPS) is 17.1. The molecule has 23 heavy (non-hydrogen) atoms. The maximum Gasteiger partial charge on any atom is 0.251 e. The maximum atomic E-state index is 12.1. The Bertz CT molecular complexity index is 678. The van der Waals surface area contributed by atoms with Crippen molar-refractivity contribution in [2.75, 3.05) is 31.2 Å². The third-order valence-corrected chi connectivity index (χ3v) is 5.11. The molecule has 2 rings (SSSR count). The van der Waals surface area contributed by atoms with Crippen molar-refractivity contribution in [3.05, 3.63) is 17.0 Å². The van der Waals surface area contributed by atoms with Gasteiger partial charge in [-0.2, -0.15) is 0 Å². The Labute approximate surface area is 139 Å². The van der Waals surface area contributed by atoms with E-state index in [4.69, 9.17) is 5.73 Å². The number of carbonyl (C=O) groups excluding carboxylic acids is 2. The van der Waals surface area contributed by atoms with Gasteiger partial charge in [0.2, 0.25) is 15.9 Å². The number of primary amides is 1. The van der Waals surface area contributed by atoms with Crippen molar-refractivity contribution in [3.8, 4) is 0 Å². The van der Waals surface area contributed by atoms with Crippen molar-refractivity contribution >= 4 is 38.2 Å². The van der Waals surface area contributed by atoms with Crippen LogP contribution in [0.1, 0.15) is 23.2 Å². The fourth-order valence-corrected chi connectivity index (χ4v) is 4.13. The number of carbonyl (C=O) groups is 2. The third kappa shape index (κ3) is 5.57. The fourth-order valence-electron chi connectivity index (χ4n) is 2.48. The van der Waals surface area contributed by atoms with Crippen LogP contribution in [-0.4, -0.2) is 57.1 Å². The molecular weight excluding hydrogens is 340 g/mol. The summed E-state index contributed by atoms with van der Waals surface area (Å²) in [6, 6.07) is 1.49. The van der Waals surface area contributed by atoms with Crippen molar-refractivity contribution in [3.63, 3.8) is 0 Å². The highest BCUT2D eigenvalue weighted by atomic mass is 32.2. The zero-order chi connectivity index (χ0) is 17.0. The Hall–Kier alpha value is -1.49. The van der Waals surface area contributed by atoms with Gasteiger partial charge in [-0.1, -0.05) is 0 Å². The van der Waals surface area contributed by atoms with E-state index >= 15 is 0 Å². The first-order chi connectivity index (χ1) is 10.7. The van der Waals surface area contributed by atoms with Gasteiger partial charge in [-0.05, 0) is 24.3 Å². The van der Waals surface area contributed by atoms with E-state index in [9.17, 15) is 18.0 Å². The quantitative estimate of drug-likeness (QED) is 0.648. The zero-order valence-corrected chi connectivity index (χ0v) is 14.4. The predicted molar refractivity (Wildman–Crippen MR) is 88.9 cm³/mol. The highest BCUT2D eigenvalue weighted by Crippen LogP contribution is 2.22. The first kappa shape index (κ1) is 17.9.